The fraction of sp³-hybridized carbons (Fsp3) is 0.316. The van der Waals surface area contributed by atoms with Crippen LogP contribution in [0.4, 0.5) is 5.69 Å². The van der Waals surface area contributed by atoms with Gasteiger partial charge in [0.05, 0.1) is 12.4 Å². The molecule has 3 rings (SSSR count). The Kier molecular flexibility index (Phi) is 7.30. The van der Waals surface area contributed by atoms with Gasteiger partial charge in [-0.3, -0.25) is 4.79 Å². The van der Waals surface area contributed by atoms with Gasteiger partial charge < -0.3 is 19.2 Å². The van der Waals surface area contributed by atoms with Gasteiger partial charge in [0.1, 0.15) is 5.82 Å². The summed E-state index contributed by atoms with van der Waals surface area (Å²) in [5, 5.41) is 12.2. The summed E-state index contributed by atoms with van der Waals surface area (Å²) in [7, 11) is 3.67. The Balaban J connectivity index is 1.65. The zero-order valence-electron chi connectivity index (χ0n) is 15.8. The molecule has 28 heavy (non-hydrogen) atoms. The first-order valence-corrected chi connectivity index (χ1v) is 10.5. The predicted molar refractivity (Wildman–Crippen MR) is 114 cm³/mol. The molecule has 1 aromatic carbocycles. The molecule has 3 aromatic rings. The molecule has 0 radical (unpaired) electrons. The minimum Gasteiger partial charge on any atom is -0.383 e. The van der Waals surface area contributed by atoms with Crippen molar-refractivity contribution in [1.82, 2.24) is 19.3 Å². The van der Waals surface area contributed by atoms with Crippen molar-refractivity contribution in [3.05, 3.63) is 58.6 Å². The van der Waals surface area contributed by atoms with Gasteiger partial charge in [-0.25, -0.2) is 0 Å². The maximum absolute atomic E-state index is 12.3. The zero-order chi connectivity index (χ0) is 19.9. The number of carbonyl (C=O) groups is 1. The Bertz CT molecular complexity index is 923. The molecule has 148 valence electrons. The summed E-state index contributed by atoms with van der Waals surface area (Å²) in [6, 6.07) is 11.6. The molecule has 0 atom stereocenters. The number of halogens is 1. The van der Waals surface area contributed by atoms with Crippen molar-refractivity contribution in [2.75, 3.05) is 24.8 Å². The van der Waals surface area contributed by atoms with E-state index in [4.69, 9.17) is 4.74 Å². The normalized spacial score (nSPS) is 11.0. The summed E-state index contributed by atoms with van der Waals surface area (Å²) in [6.45, 7) is 1.19. The van der Waals surface area contributed by atoms with Crippen molar-refractivity contribution in [1.29, 1.82) is 0 Å². The molecule has 7 nitrogen and oxygen atoms in total. The van der Waals surface area contributed by atoms with Crippen molar-refractivity contribution < 1.29 is 9.53 Å². The standard InChI is InChI=1S/C19H22BrN5O2S/c1-24-9-3-4-16(24)12-17-22-23-19(25(17)10-11-27-2)28-13-18(26)21-15-7-5-14(20)6-8-15/h3-9H,10-13H2,1-2H3,(H,21,26). The molecule has 0 fully saturated rings. The minimum absolute atomic E-state index is 0.0856. The molecule has 0 aliphatic rings. The molecular weight excluding hydrogens is 442 g/mol. The lowest BCUT2D eigenvalue weighted by Crippen LogP contribution is -2.15. The van der Waals surface area contributed by atoms with Crippen LogP contribution in [0.3, 0.4) is 0 Å². The summed E-state index contributed by atoms with van der Waals surface area (Å²) >= 11 is 4.75. The maximum atomic E-state index is 12.3. The molecule has 2 heterocycles. The van der Waals surface area contributed by atoms with Crippen molar-refractivity contribution in [2.45, 2.75) is 18.1 Å². The molecule has 1 amide bonds. The highest BCUT2D eigenvalue weighted by Gasteiger charge is 2.15. The van der Waals surface area contributed by atoms with Crippen LogP contribution in [0, 0.1) is 0 Å². The largest absolute Gasteiger partial charge is 0.383 e. The predicted octanol–water partition coefficient (Wildman–Crippen LogP) is 3.35. The molecule has 0 aliphatic heterocycles. The summed E-state index contributed by atoms with van der Waals surface area (Å²) < 4.78 is 10.3. The van der Waals surface area contributed by atoms with Crippen LogP contribution in [0.25, 0.3) is 0 Å². The maximum Gasteiger partial charge on any atom is 0.234 e. The van der Waals surface area contributed by atoms with E-state index in [1.54, 1.807) is 7.11 Å². The second-order valence-corrected chi connectivity index (χ2v) is 8.03. The lowest BCUT2D eigenvalue weighted by Gasteiger charge is -2.10. The average molecular weight is 464 g/mol. The Morgan fingerprint density at radius 2 is 2.04 bits per heavy atom. The third-order valence-electron chi connectivity index (χ3n) is 4.16. The third kappa shape index (κ3) is 5.46. The summed E-state index contributed by atoms with van der Waals surface area (Å²) in [5.74, 6) is 1.03. The molecular formula is C19H22BrN5O2S. The monoisotopic (exact) mass is 463 g/mol. The second kappa shape index (κ2) is 9.90. The number of carbonyl (C=O) groups excluding carboxylic acids is 1. The lowest BCUT2D eigenvalue weighted by molar-refractivity contribution is -0.113. The van der Waals surface area contributed by atoms with Crippen molar-refractivity contribution >= 4 is 39.3 Å². The van der Waals surface area contributed by atoms with Crippen LogP contribution in [0.1, 0.15) is 11.5 Å². The lowest BCUT2D eigenvalue weighted by atomic mass is 10.3. The van der Waals surface area contributed by atoms with Crippen LogP contribution in [-0.2, 0) is 29.5 Å². The molecule has 0 saturated heterocycles. The van der Waals surface area contributed by atoms with Gasteiger partial charge in [0.15, 0.2) is 5.16 Å². The second-order valence-electron chi connectivity index (χ2n) is 6.17. The van der Waals surface area contributed by atoms with E-state index < -0.39 is 0 Å². The number of anilines is 1. The molecule has 0 bridgehead atoms. The smallest absolute Gasteiger partial charge is 0.234 e. The number of aryl methyl sites for hydroxylation is 1. The van der Waals surface area contributed by atoms with E-state index in [1.165, 1.54) is 11.8 Å². The van der Waals surface area contributed by atoms with Gasteiger partial charge in [-0.05, 0) is 36.4 Å². The van der Waals surface area contributed by atoms with Crippen molar-refractivity contribution in [3.8, 4) is 0 Å². The first-order valence-electron chi connectivity index (χ1n) is 8.76. The number of rotatable bonds is 9. The van der Waals surface area contributed by atoms with Gasteiger partial charge in [0.2, 0.25) is 5.91 Å². The number of thioether (sulfide) groups is 1. The van der Waals surface area contributed by atoms with Crippen LogP contribution in [0.15, 0.2) is 52.2 Å². The van der Waals surface area contributed by atoms with E-state index in [9.17, 15) is 4.79 Å². The number of amides is 1. The minimum atomic E-state index is -0.0856. The van der Waals surface area contributed by atoms with Gasteiger partial charge in [-0.2, -0.15) is 0 Å². The summed E-state index contributed by atoms with van der Waals surface area (Å²) in [6.07, 6.45) is 2.68. The van der Waals surface area contributed by atoms with Crippen LogP contribution in [-0.4, -0.2) is 44.7 Å². The summed E-state index contributed by atoms with van der Waals surface area (Å²) in [5.41, 5.74) is 1.91. The Hall–Kier alpha value is -2.10. The van der Waals surface area contributed by atoms with E-state index in [1.807, 2.05) is 48.1 Å². The molecule has 2 aromatic heterocycles. The average Bonchev–Trinajstić information content (AvgIpc) is 3.26. The highest BCUT2D eigenvalue weighted by atomic mass is 79.9. The molecule has 0 unspecified atom stereocenters. The van der Waals surface area contributed by atoms with E-state index in [-0.39, 0.29) is 11.7 Å². The van der Waals surface area contributed by atoms with Gasteiger partial charge >= 0.3 is 0 Å². The first-order chi connectivity index (χ1) is 13.6. The Morgan fingerprint density at radius 1 is 1.25 bits per heavy atom. The van der Waals surface area contributed by atoms with E-state index in [0.29, 0.717) is 24.7 Å². The molecule has 1 N–H and O–H groups in total. The zero-order valence-corrected chi connectivity index (χ0v) is 18.2. The quantitative estimate of drug-likeness (QED) is 0.492. The number of aromatic nitrogens is 4. The fourth-order valence-electron chi connectivity index (χ4n) is 2.67. The van der Waals surface area contributed by atoms with E-state index in [0.717, 1.165) is 21.7 Å². The number of hydrogen-bond donors (Lipinski definition) is 1. The SMILES string of the molecule is COCCn1c(Cc2cccn2C)nnc1SCC(=O)Nc1ccc(Br)cc1. The fourth-order valence-corrected chi connectivity index (χ4v) is 3.71. The number of nitrogens with zero attached hydrogens (tertiary/aromatic N) is 4. The van der Waals surface area contributed by atoms with E-state index >= 15 is 0 Å². The van der Waals surface area contributed by atoms with Crippen LogP contribution < -0.4 is 5.32 Å². The number of methoxy groups -OCH3 is 1. The van der Waals surface area contributed by atoms with Gasteiger partial charge in [0, 0.05) is 49.2 Å². The molecule has 0 saturated carbocycles. The molecule has 9 heteroatoms. The van der Waals surface area contributed by atoms with Crippen molar-refractivity contribution in [3.63, 3.8) is 0 Å². The van der Waals surface area contributed by atoms with Gasteiger partial charge in [0.25, 0.3) is 0 Å². The van der Waals surface area contributed by atoms with Crippen molar-refractivity contribution in [2.24, 2.45) is 7.05 Å². The Morgan fingerprint density at radius 3 is 2.71 bits per heavy atom. The highest BCUT2D eigenvalue weighted by Crippen LogP contribution is 2.20. The van der Waals surface area contributed by atoms with Gasteiger partial charge in [-0.15, -0.1) is 10.2 Å². The van der Waals surface area contributed by atoms with E-state index in [2.05, 4.69) is 42.1 Å². The van der Waals surface area contributed by atoms with Crippen LogP contribution in [0.5, 0.6) is 0 Å². The topological polar surface area (TPSA) is 74.0 Å². The van der Waals surface area contributed by atoms with Gasteiger partial charge in [-0.1, -0.05) is 27.7 Å². The molecule has 0 spiro atoms. The first kappa shape index (κ1) is 20.6. The summed E-state index contributed by atoms with van der Waals surface area (Å²) in [4.78, 5) is 12.3. The van der Waals surface area contributed by atoms with Crippen LogP contribution in [0.2, 0.25) is 0 Å². The number of ether oxygens (including phenoxy) is 1. The number of nitrogens with one attached hydrogen (secondary N) is 1. The number of benzene rings is 1. The van der Waals surface area contributed by atoms with Crippen LogP contribution >= 0.6 is 27.7 Å². The third-order valence-corrected chi connectivity index (χ3v) is 5.66. The Labute approximate surface area is 176 Å². The molecule has 0 aliphatic carbocycles. The highest BCUT2D eigenvalue weighted by molar-refractivity contribution is 9.10. The number of hydrogen-bond acceptors (Lipinski definition) is 5.